The van der Waals surface area contributed by atoms with Crippen LogP contribution in [0.3, 0.4) is 0 Å². The molecule has 1 rings (SSSR count). The lowest BCUT2D eigenvalue weighted by Gasteiger charge is -2.02. The molecule has 0 aliphatic carbocycles. The van der Waals surface area contributed by atoms with E-state index in [0.29, 0.717) is 11.3 Å². The van der Waals surface area contributed by atoms with E-state index in [4.69, 9.17) is 6.48 Å². The van der Waals surface area contributed by atoms with E-state index in [2.05, 4.69) is 10.6 Å². The van der Waals surface area contributed by atoms with Crippen molar-refractivity contribution < 1.29 is 16.1 Å². The van der Waals surface area contributed by atoms with Crippen LogP contribution in [0.25, 0.3) is 0 Å². The van der Waals surface area contributed by atoms with Crippen molar-refractivity contribution in [3.05, 3.63) is 29.8 Å². The fourth-order valence-electron chi connectivity index (χ4n) is 0.930. The lowest BCUT2D eigenvalue weighted by atomic mass is 10.2. The van der Waals surface area contributed by atoms with Crippen LogP contribution in [0.15, 0.2) is 24.3 Å². The molecule has 2 amide bonds. The molecule has 0 radical (unpaired) electrons. The summed E-state index contributed by atoms with van der Waals surface area (Å²) < 4.78 is 6.80. The third-order valence-electron chi connectivity index (χ3n) is 1.56. The molecule has 5 heteroatoms. The first-order valence-electron chi connectivity index (χ1n) is 4.51. The summed E-state index contributed by atoms with van der Waals surface area (Å²) in [5.41, 5.74) is 0.781. The number of carbonyl (C=O) groups is 2. The van der Waals surface area contributed by atoms with Gasteiger partial charge in [-0.3, -0.25) is 10.1 Å². The number of carbonyl (C=O) groups excluding carboxylic acids is 1. The second-order valence-corrected chi connectivity index (χ2v) is 2.51. The number of nitrogens with one attached hydrogen (secondary N) is 2. The number of benzene rings is 1. The lowest BCUT2D eigenvalue weighted by Crippen LogP contribution is -2.17. The SMILES string of the molecule is [2H]CNC(=O)c1ccc(NC(=O)O)cc1. The first kappa shape index (κ1) is 8.55. The molecule has 0 atom stereocenters. The van der Waals surface area contributed by atoms with Crippen LogP contribution >= 0.6 is 0 Å². The molecular weight excluding hydrogens is 184 g/mol. The van der Waals surface area contributed by atoms with Gasteiger partial charge in [0.2, 0.25) is 0 Å². The van der Waals surface area contributed by atoms with Gasteiger partial charge in [0, 0.05) is 19.6 Å². The van der Waals surface area contributed by atoms with Crippen molar-refractivity contribution in [2.45, 2.75) is 0 Å². The monoisotopic (exact) mass is 195 g/mol. The number of amides is 2. The Morgan fingerprint density at radius 2 is 2.00 bits per heavy atom. The molecule has 14 heavy (non-hydrogen) atoms. The lowest BCUT2D eigenvalue weighted by molar-refractivity contribution is 0.0963. The molecule has 0 aromatic heterocycles. The Morgan fingerprint density at radius 1 is 1.36 bits per heavy atom. The van der Waals surface area contributed by atoms with Gasteiger partial charge >= 0.3 is 6.09 Å². The van der Waals surface area contributed by atoms with E-state index in [1.165, 1.54) is 24.3 Å². The van der Waals surface area contributed by atoms with Crippen molar-refractivity contribution >= 4 is 17.7 Å². The smallest absolute Gasteiger partial charge is 0.409 e. The molecule has 1 aromatic rings. The summed E-state index contributed by atoms with van der Waals surface area (Å²) in [6.45, 7) is 0. The molecule has 3 N–H and O–H groups in total. The maximum Gasteiger partial charge on any atom is 0.409 e. The van der Waals surface area contributed by atoms with E-state index in [1.54, 1.807) is 0 Å². The van der Waals surface area contributed by atoms with E-state index < -0.39 is 6.09 Å². The van der Waals surface area contributed by atoms with Crippen molar-refractivity contribution in [2.75, 3.05) is 12.3 Å². The van der Waals surface area contributed by atoms with E-state index >= 15 is 0 Å². The predicted octanol–water partition coefficient (Wildman–Crippen LogP) is 1.14. The molecule has 0 fully saturated rings. The summed E-state index contributed by atoms with van der Waals surface area (Å²) in [7, 11) is -0.187. The summed E-state index contributed by atoms with van der Waals surface area (Å²) in [5, 5.41) is 12.9. The van der Waals surface area contributed by atoms with Gasteiger partial charge < -0.3 is 10.4 Å². The van der Waals surface area contributed by atoms with Gasteiger partial charge in [-0.05, 0) is 24.3 Å². The maximum atomic E-state index is 11.2. The molecule has 0 bridgehead atoms. The molecule has 74 valence electrons. The van der Waals surface area contributed by atoms with Crippen LogP contribution in [0.5, 0.6) is 0 Å². The van der Waals surface area contributed by atoms with Crippen LogP contribution in [0.1, 0.15) is 11.7 Å². The van der Waals surface area contributed by atoms with Crippen LogP contribution in [0, 0.1) is 0 Å². The van der Waals surface area contributed by atoms with Crippen LogP contribution in [0.4, 0.5) is 10.5 Å². The summed E-state index contributed by atoms with van der Waals surface area (Å²) in [5.74, 6) is -0.355. The first-order chi connectivity index (χ1) is 7.13. The van der Waals surface area contributed by atoms with Gasteiger partial charge in [-0.1, -0.05) is 0 Å². The zero-order valence-corrected chi connectivity index (χ0v) is 7.28. The van der Waals surface area contributed by atoms with Crippen LogP contribution in [0.2, 0.25) is 0 Å². The highest BCUT2D eigenvalue weighted by Crippen LogP contribution is 2.08. The quantitative estimate of drug-likeness (QED) is 0.662. The molecule has 0 heterocycles. The third-order valence-corrected chi connectivity index (χ3v) is 1.56. The highest BCUT2D eigenvalue weighted by Gasteiger charge is 2.02. The molecule has 0 saturated carbocycles. The fraction of sp³-hybridized carbons (Fsp3) is 0.111. The highest BCUT2D eigenvalue weighted by atomic mass is 16.4. The van der Waals surface area contributed by atoms with Gasteiger partial charge in [-0.15, -0.1) is 0 Å². The van der Waals surface area contributed by atoms with Crippen molar-refractivity contribution in [1.29, 1.82) is 0 Å². The minimum Gasteiger partial charge on any atom is -0.465 e. The Morgan fingerprint density at radius 3 is 2.50 bits per heavy atom. The van der Waals surface area contributed by atoms with E-state index in [0.717, 1.165) is 0 Å². The van der Waals surface area contributed by atoms with E-state index in [9.17, 15) is 9.59 Å². The zero-order chi connectivity index (χ0) is 11.3. The Balaban J connectivity index is 2.71. The largest absolute Gasteiger partial charge is 0.465 e. The molecular formula is C9H10N2O3. The maximum absolute atomic E-state index is 11.2. The van der Waals surface area contributed by atoms with Crippen molar-refractivity contribution in [3.8, 4) is 0 Å². The average molecular weight is 195 g/mol. The molecule has 0 spiro atoms. The van der Waals surface area contributed by atoms with Gasteiger partial charge in [-0.25, -0.2) is 4.79 Å². The van der Waals surface area contributed by atoms with E-state index in [-0.39, 0.29) is 12.9 Å². The summed E-state index contributed by atoms with van der Waals surface area (Å²) in [6.07, 6.45) is -1.15. The summed E-state index contributed by atoms with van der Waals surface area (Å²) >= 11 is 0. The van der Waals surface area contributed by atoms with Gasteiger partial charge in [0.1, 0.15) is 0 Å². The number of hydrogen-bond donors (Lipinski definition) is 3. The molecule has 5 nitrogen and oxygen atoms in total. The minimum absolute atomic E-state index is 0.187. The van der Waals surface area contributed by atoms with Gasteiger partial charge in [0.15, 0.2) is 0 Å². The average Bonchev–Trinajstić information content (AvgIpc) is 2.18. The zero-order valence-electron chi connectivity index (χ0n) is 8.28. The van der Waals surface area contributed by atoms with Crippen LogP contribution in [-0.4, -0.2) is 24.1 Å². The number of hydrogen-bond acceptors (Lipinski definition) is 2. The molecule has 0 saturated heterocycles. The number of carboxylic acid groups (broad SMARTS) is 1. The van der Waals surface area contributed by atoms with Crippen LogP contribution in [-0.2, 0) is 0 Å². The van der Waals surface area contributed by atoms with Crippen molar-refractivity contribution in [3.63, 3.8) is 0 Å². The van der Waals surface area contributed by atoms with Gasteiger partial charge in [-0.2, -0.15) is 0 Å². The summed E-state index contributed by atoms with van der Waals surface area (Å²) in [6, 6.07) is 5.92. The second kappa shape index (κ2) is 4.27. The second-order valence-electron chi connectivity index (χ2n) is 2.51. The van der Waals surface area contributed by atoms with Gasteiger partial charge in [0.05, 0.1) is 0 Å². The summed E-state index contributed by atoms with van der Waals surface area (Å²) in [4.78, 5) is 21.5. The standard InChI is InChI=1S/C9H10N2O3/c1-10-8(12)6-2-4-7(5-3-6)11-9(13)14/h2-5,11H,1H3,(H,10,12)(H,13,14)/i1D. The predicted molar refractivity (Wildman–Crippen MR) is 51.5 cm³/mol. The Hall–Kier alpha value is -2.04. The van der Waals surface area contributed by atoms with E-state index in [1.807, 2.05) is 0 Å². The Labute approximate surface area is 82.1 Å². The topological polar surface area (TPSA) is 78.4 Å². The molecule has 0 unspecified atom stereocenters. The van der Waals surface area contributed by atoms with Crippen LogP contribution < -0.4 is 10.6 Å². The Kier molecular flexibility index (Phi) is 2.61. The highest BCUT2D eigenvalue weighted by molar-refractivity contribution is 5.94. The van der Waals surface area contributed by atoms with Gasteiger partial charge in [0.25, 0.3) is 5.91 Å². The molecule has 1 aromatic carbocycles. The molecule has 0 aliphatic rings. The normalized spacial score (nSPS) is 10.1. The number of anilines is 1. The minimum atomic E-state index is -1.15. The Bertz CT molecular complexity index is 364. The fourth-order valence-corrected chi connectivity index (χ4v) is 0.930. The molecule has 0 aliphatic heterocycles. The van der Waals surface area contributed by atoms with Crippen molar-refractivity contribution in [1.82, 2.24) is 5.32 Å². The number of rotatable bonds is 2. The first-order valence-corrected chi connectivity index (χ1v) is 3.81. The van der Waals surface area contributed by atoms with Crippen molar-refractivity contribution in [2.24, 2.45) is 0 Å². The third kappa shape index (κ3) is 2.48.